The third kappa shape index (κ3) is 5.08. The van der Waals surface area contributed by atoms with Crippen LogP contribution in [0.1, 0.15) is 19.0 Å². The van der Waals surface area contributed by atoms with Gasteiger partial charge in [0.1, 0.15) is 0 Å². The Hall–Kier alpha value is -1.23. The van der Waals surface area contributed by atoms with Crippen LogP contribution >= 0.6 is 0 Å². The molecule has 3 nitrogen and oxygen atoms in total. The first-order valence-electron chi connectivity index (χ1n) is 5.78. The van der Waals surface area contributed by atoms with E-state index in [0.29, 0.717) is 6.54 Å². The predicted octanol–water partition coefficient (Wildman–Crippen LogP) is 2.28. The van der Waals surface area contributed by atoms with Crippen molar-refractivity contribution in [3.63, 3.8) is 0 Å². The molecule has 1 aromatic heterocycles. The van der Waals surface area contributed by atoms with Gasteiger partial charge in [-0.05, 0) is 25.1 Å². The maximum Gasteiger partial charge on any atom is 0.255 e. The van der Waals surface area contributed by atoms with Crippen LogP contribution in [0.15, 0.2) is 18.3 Å². The molecule has 0 saturated carbocycles. The quantitative estimate of drug-likeness (QED) is 0.745. The molecule has 0 aliphatic rings. The van der Waals surface area contributed by atoms with Crippen molar-refractivity contribution in [2.45, 2.75) is 26.3 Å². The molecule has 1 aromatic rings. The Bertz CT molecular complexity index is 331. The molecular formula is C12H19F2N3. The van der Waals surface area contributed by atoms with Gasteiger partial charge in [0, 0.05) is 25.5 Å². The van der Waals surface area contributed by atoms with Gasteiger partial charge < -0.3 is 10.2 Å². The van der Waals surface area contributed by atoms with Gasteiger partial charge in [-0.2, -0.15) is 0 Å². The zero-order valence-electron chi connectivity index (χ0n) is 10.3. The zero-order valence-corrected chi connectivity index (χ0v) is 10.3. The second-order valence-corrected chi connectivity index (χ2v) is 3.95. The highest BCUT2D eigenvalue weighted by Gasteiger charge is 2.09. The van der Waals surface area contributed by atoms with Crippen molar-refractivity contribution in [1.29, 1.82) is 0 Å². The van der Waals surface area contributed by atoms with E-state index >= 15 is 0 Å². The first-order chi connectivity index (χ1) is 8.13. The predicted molar refractivity (Wildman–Crippen MR) is 65.5 cm³/mol. The molecule has 17 heavy (non-hydrogen) atoms. The number of anilines is 1. The highest BCUT2D eigenvalue weighted by Crippen LogP contribution is 2.14. The molecule has 5 heteroatoms. The van der Waals surface area contributed by atoms with Crippen LogP contribution in [0, 0.1) is 0 Å². The van der Waals surface area contributed by atoms with E-state index in [-0.39, 0.29) is 6.54 Å². The normalized spacial score (nSPS) is 10.9. The fourth-order valence-corrected chi connectivity index (χ4v) is 1.51. The number of nitrogens with zero attached hydrogens (tertiary/aromatic N) is 2. The molecule has 0 saturated heterocycles. The average Bonchev–Trinajstić information content (AvgIpc) is 2.29. The van der Waals surface area contributed by atoms with E-state index in [1.54, 1.807) is 19.3 Å². The molecule has 0 fully saturated rings. The summed E-state index contributed by atoms with van der Waals surface area (Å²) in [5.41, 5.74) is 1.64. The van der Waals surface area contributed by atoms with Crippen molar-refractivity contribution in [2.24, 2.45) is 0 Å². The van der Waals surface area contributed by atoms with Gasteiger partial charge in [-0.3, -0.25) is 4.98 Å². The van der Waals surface area contributed by atoms with Crippen LogP contribution in [0.5, 0.6) is 0 Å². The molecule has 96 valence electrons. The van der Waals surface area contributed by atoms with Crippen LogP contribution in [0.3, 0.4) is 0 Å². The molecule has 1 rings (SSSR count). The number of rotatable bonds is 7. The van der Waals surface area contributed by atoms with E-state index in [4.69, 9.17) is 0 Å². The number of aromatic nitrogens is 1. The minimum Gasteiger partial charge on any atom is -0.369 e. The fourth-order valence-electron chi connectivity index (χ4n) is 1.51. The Morgan fingerprint density at radius 2 is 2.24 bits per heavy atom. The topological polar surface area (TPSA) is 28.2 Å². The lowest BCUT2D eigenvalue weighted by atomic mass is 10.3. The van der Waals surface area contributed by atoms with Crippen molar-refractivity contribution in [3.05, 3.63) is 24.0 Å². The first kappa shape index (κ1) is 13.8. The van der Waals surface area contributed by atoms with Gasteiger partial charge in [0.15, 0.2) is 0 Å². The first-order valence-corrected chi connectivity index (χ1v) is 5.78. The zero-order chi connectivity index (χ0) is 12.7. The number of pyridine rings is 1. The number of hydrogen-bond acceptors (Lipinski definition) is 3. The van der Waals surface area contributed by atoms with Crippen LogP contribution in [0.25, 0.3) is 0 Å². The standard InChI is InChI=1S/C12H19F2N3/c1-3-5-15-8-10-7-11(4-6-16-10)17(2)9-12(13)14/h4,6-7,12,15H,3,5,8-9H2,1-2H3. The lowest BCUT2D eigenvalue weighted by molar-refractivity contribution is 0.156. The third-order valence-electron chi connectivity index (χ3n) is 2.39. The summed E-state index contributed by atoms with van der Waals surface area (Å²) < 4.78 is 24.5. The van der Waals surface area contributed by atoms with Gasteiger partial charge in [0.05, 0.1) is 12.2 Å². The summed E-state index contributed by atoms with van der Waals surface area (Å²) in [5, 5.41) is 3.23. The second kappa shape index (κ2) is 7.17. The monoisotopic (exact) mass is 243 g/mol. The van der Waals surface area contributed by atoms with Gasteiger partial charge in [0.25, 0.3) is 6.43 Å². The maximum absolute atomic E-state index is 12.3. The van der Waals surface area contributed by atoms with Gasteiger partial charge in [0.2, 0.25) is 0 Å². The molecule has 1 N–H and O–H groups in total. The van der Waals surface area contributed by atoms with Gasteiger partial charge in [-0.25, -0.2) is 8.78 Å². The lowest BCUT2D eigenvalue weighted by Crippen LogP contribution is -2.24. The summed E-state index contributed by atoms with van der Waals surface area (Å²) in [5.74, 6) is 0. The van der Waals surface area contributed by atoms with E-state index in [9.17, 15) is 8.78 Å². The summed E-state index contributed by atoms with van der Waals surface area (Å²) in [6.45, 7) is 3.43. The van der Waals surface area contributed by atoms with Crippen LogP contribution < -0.4 is 10.2 Å². The molecule has 0 radical (unpaired) electrons. The molecule has 0 spiro atoms. The summed E-state index contributed by atoms with van der Waals surface area (Å²) in [7, 11) is 1.66. The molecule has 0 aliphatic heterocycles. The van der Waals surface area contributed by atoms with Crippen LogP contribution in [-0.4, -0.2) is 31.5 Å². The van der Waals surface area contributed by atoms with Crippen LogP contribution in [0.2, 0.25) is 0 Å². The Balaban J connectivity index is 2.58. The number of hydrogen-bond donors (Lipinski definition) is 1. The highest BCUT2D eigenvalue weighted by atomic mass is 19.3. The molecule has 0 bridgehead atoms. The summed E-state index contributed by atoms with van der Waals surface area (Å²) in [6.07, 6.45) is 0.389. The molecular weight excluding hydrogens is 224 g/mol. The molecule has 0 aromatic carbocycles. The molecule has 0 aliphatic carbocycles. The number of nitrogens with one attached hydrogen (secondary N) is 1. The largest absolute Gasteiger partial charge is 0.369 e. The lowest BCUT2D eigenvalue weighted by Gasteiger charge is -2.19. The van der Waals surface area contributed by atoms with Crippen molar-refractivity contribution in [1.82, 2.24) is 10.3 Å². The Kier molecular flexibility index (Phi) is 5.83. The fraction of sp³-hybridized carbons (Fsp3) is 0.583. The van der Waals surface area contributed by atoms with E-state index in [2.05, 4.69) is 17.2 Å². The van der Waals surface area contributed by atoms with Gasteiger partial charge in [-0.1, -0.05) is 6.92 Å². The summed E-state index contributed by atoms with van der Waals surface area (Å²) >= 11 is 0. The average molecular weight is 243 g/mol. The van der Waals surface area contributed by atoms with Crippen molar-refractivity contribution in [3.8, 4) is 0 Å². The van der Waals surface area contributed by atoms with Gasteiger partial charge >= 0.3 is 0 Å². The molecule has 0 unspecified atom stereocenters. The highest BCUT2D eigenvalue weighted by molar-refractivity contribution is 5.45. The Morgan fingerprint density at radius 1 is 1.47 bits per heavy atom. The Labute approximate surface area is 101 Å². The smallest absolute Gasteiger partial charge is 0.255 e. The molecule has 0 atom stereocenters. The minimum atomic E-state index is -2.32. The SMILES string of the molecule is CCCNCc1cc(N(C)CC(F)F)ccn1. The van der Waals surface area contributed by atoms with E-state index in [0.717, 1.165) is 24.3 Å². The summed E-state index contributed by atoms with van der Waals surface area (Å²) in [4.78, 5) is 5.73. The summed E-state index contributed by atoms with van der Waals surface area (Å²) in [6, 6.07) is 3.58. The van der Waals surface area contributed by atoms with Crippen molar-refractivity contribution < 1.29 is 8.78 Å². The van der Waals surface area contributed by atoms with E-state index < -0.39 is 6.43 Å². The minimum absolute atomic E-state index is 0.258. The van der Waals surface area contributed by atoms with Crippen LogP contribution in [0.4, 0.5) is 14.5 Å². The van der Waals surface area contributed by atoms with Crippen molar-refractivity contribution >= 4 is 5.69 Å². The van der Waals surface area contributed by atoms with Gasteiger partial charge in [-0.15, -0.1) is 0 Å². The molecule has 1 heterocycles. The number of halogens is 2. The molecule has 0 amide bonds. The van der Waals surface area contributed by atoms with E-state index in [1.807, 2.05) is 6.07 Å². The van der Waals surface area contributed by atoms with Crippen LogP contribution in [-0.2, 0) is 6.54 Å². The van der Waals surface area contributed by atoms with Crippen molar-refractivity contribution in [2.75, 3.05) is 25.0 Å². The second-order valence-electron chi connectivity index (χ2n) is 3.95. The van der Waals surface area contributed by atoms with E-state index in [1.165, 1.54) is 4.90 Å². The number of alkyl halides is 2. The maximum atomic E-state index is 12.3. The Morgan fingerprint density at radius 3 is 2.88 bits per heavy atom. The third-order valence-corrected chi connectivity index (χ3v) is 2.39.